The molecule has 4 N–H and O–H groups in total. The fourth-order valence-corrected chi connectivity index (χ4v) is 2.44. The van der Waals surface area contributed by atoms with Gasteiger partial charge in [-0.05, 0) is 45.4 Å². The van der Waals surface area contributed by atoms with Crippen LogP contribution in [0.15, 0.2) is 20.6 Å². The Morgan fingerprint density at radius 2 is 1.04 bits per heavy atom. The average molecular weight is 342 g/mol. The largest absolute Gasteiger partial charge is 0.411 e. The van der Waals surface area contributed by atoms with Crippen LogP contribution in [0.25, 0.3) is 0 Å². The van der Waals surface area contributed by atoms with Gasteiger partial charge in [0.15, 0.2) is 0 Å². The lowest BCUT2D eigenvalue weighted by Gasteiger charge is -2.11. The Bertz CT molecular complexity index is 431. The third-order valence-electron chi connectivity index (χ3n) is 4.10. The third kappa shape index (κ3) is 9.12. The van der Waals surface area contributed by atoms with E-state index in [9.17, 15) is 0 Å². The fraction of sp³-hybridized carbons (Fsp3) is 0.750. The number of nitrogens with zero attached hydrogens (tertiary/aromatic N) is 4. The monoisotopic (exact) mass is 342 g/mol. The van der Waals surface area contributed by atoms with Crippen molar-refractivity contribution >= 4 is 22.8 Å². The molecule has 8 heteroatoms. The van der Waals surface area contributed by atoms with E-state index in [1.807, 2.05) is 0 Å². The van der Waals surface area contributed by atoms with E-state index in [0.717, 1.165) is 38.5 Å². The Hall–Kier alpha value is -2.12. The van der Waals surface area contributed by atoms with Crippen LogP contribution < -0.4 is 0 Å². The van der Waals surface area contributed by atoms with Crippen LogP contribution in [0.2, 0.25) is 0 Å². The van der Waals surface area contributed by atoms with Gasteiger partial charge in [0.2, 0.25) is 0 Å². The van der Waals surface area contributed by atoms with E-state index >= 15 is 0 Å². The molecule has 0 aliphatic rings. The summed E-state index contributed by atoms with van der Waals surface area (Å²) in [7, 11) is 0. The Morgan fingerprint density at radius 3 is 1.33 bits per heavy atom. The molecule has 0 aliphatic carbocycles. The fourth-order valence-electron chi connectivity index (χ4n) is 2.44. The highest BCUT2D eigenvalue weighted by atomic mass is 16.4. The molecule has 0 aliphatic heterocycles. The molecule has 0 rings (SSSR count). The van der Waals surface area contributed by atoms with Crippen molar-refractivity contribution in [3.05, 3.63) is 0 Å². The van der Waals surface area contributed by atoms with Gasteiger partial charge in [-0.1, -0.05) is 53.2 Å². The Labute approximate surface area is 143 Å². The number of oxime groups is 4. The summed E-state index contributed by atoms with van der Waals surface area (Å²) < 4.78 is 0. The van der Waals surface area contributed by atoms with Crippen LogP contribution >= 0.6 is 0 Å². The summed E-state index contributed by atoms with van der Waals surface area (Å²) in [5, 5.41) is 47.4. The predicted octanol–water partition coefficient (Wildman–Crippen LogP) is 4.10. The van der Waals surface area contributed by atoms with Crippen LogP contribution in [0.5, 0.6) is 0 Å². The molecule has 1 unspecified atom stereocenters. The summed E-state index contributed by atoms with van der Waals surface area (Å²) in [6.07, 6.45) is 7.12. The van der Waals surface area contributed by atoms with Gasteiger partial charge < -0.3 is 20.8 Å². The van der Waals surface area contributed by atoms with Gasteiger partial charge in [-0.15, -0.1) is 0 Å². The standard InChI is InChI=1S/C16H30N4O4/c1-12(8-4-6-10-15(19-23)13(2)17-21)9-5-7-11-16(20-24)14(3)18-22/h12,21-24H,4-11H2,1-3H3/b17-13-,18-14?,19-15?,20-16-. The van der Waals surface area contributed by atoms with E-state index in [1.54, 1.807) is 13.8 Å². The van der Waals surface area contributed by atoms with Crippen molar-refractivity contribution in [1.29, 1.82) is 0 Å². The number of hydrogen-bond acceptors (Lipinski definition) is 8. The summed E-state index contributed by atoms with van der Waals surface area (Å²) >= 11 is 0. The van der Waals surface area contributed by atoms with Crippen LogP contribution in [-0.2, 0) is 0 Å². The summed E-state index contributed by atoms with van der Waals surface area (Å²) in [4.78, 5) is 0. The Balaban J connectivity index is 3.87. The SMILES string of the molecule is CC(=NO)/C(CCCCC(C)CCCCC(=NO)/C(C)=N\O)=N\O. The van der Waals surface area contributed by atoms with Gasteiger partial charge in [-0.2, -0.15) is 0 Å². The van der Waals surface area contributed by atoms with Crippen molar-refractivity contribution in [3.63, 3.8) is 0 Å². The van der Waals surface area contributed by atoms with Gasteiger partial charge in [0.1, 0.15) is 22.8 Å². The molecule has 0 saturated heterocycles. The molecule has 0 spiro atoms. The second-order valence-electron chi connectivity index (χ2n) is 6.06. The molecule has 0 aromatic heterocycles. The highest BCUT2D eigenvalue weighted by Gasteiger charge is 2.08. The molecule has 0 fully saturated rings. The zero-order valence-corrected chi connectivity index (χ0v) is 14.8. The van der Waals surface area contributed by atoms with Crippen molar-refractivity contribution in [3.8, 4) is 0 Å². The first kappa shape index (κ1) is 21.9. The topological polar surface area (TPSA) is 130 Å². The van der Waals surface area contributed by atoms with Gasteiger partial charge >= 0.3 is 0 Å². The van der Waals surface area contributed by atoms with Gasteiger partial charge in [-0.3, -0.25) is 0 Å². The minimum atomic E-state index is 0.341. The van der Waals surface area contributed by atoms with E-state index in [0.29, 0.717) is 41.6 Å². The molecular formula is C16H30N4O4. The third-order valence-corrected chi connectivity index (χ3v) is 4.10. The molecule has 0 bridgehead atoms. The van der Waals surface area contributed by atoms with Crippen LogP contribution in [0, 0.1) is 5.92 Å². The van der Waals surface area contributed by atoms with Gasteiger partial charge in [0.25, 0.3) is 0 Å². The van der Waals surface area contributed by atoms with Gasteiger partial charge in [0, 0.05) is 0 Å². The van der Waals surface area contributed by atoms with Crippen LogP contribution in [0.3, 0.4) is 0 Å². The number of unbranched alkanes of at least 4 members (excludes halogenated alkanes) is 2. The zero-order chi connectivity index (χ0) is 18.4. The predicted molar refractivity (Wildman–Crippen MR) is 94.3 cm³/mol. The minimum absolute atomic E-state index is 0.341. The molecule has 0 radical (unpaired) electrons. The molecule has 24 heavy (non-hydrogen) atoms. The van der Waals surface area contributed by atoms with Crippen LogP contribution in [-0.4, -0.2) is 43.7 Å². The maximum atomic E-state index is 8.85. The number of hydrogen-bond donors (Lipinski definition) is 4. The first-order valence-corrected chi connectivity index (χ1v) is 8.30. The maximum Gasteiger partial charge on any atom is 0.104 e. The van der Waals surface area contributed by atoms with Crippen molar-refractivity contribution in [2.75, 3.05) is 0 Å². The average Bonchev–Trinajstić information content (AvgIpc) is 2.60. The second kappa shape index (κ2) is 13.3. The molecule has 1 atom stereocenters. The summed E-state index contributed by atoms with van der Waals surface area (Å²) in [6.45, 7) is 5.40. The van der Waals surface area contributed by atoms with Crippen molar-refractivity contribution < 1.29 is 20.8 Å². The highest BCUT2D eigenvalue weighted by Crippen LogP contribution is 2.17. The molecule has 0 saturated carbocycles. The highest BCUT2D eigenvalue weighted by molar-refractivity contribution is 6.41. The lowest BCUT2D eigenvalue weighted by atomic mass is 9.95. The molecule has 0 heterocycles. The normalized spacial score (nSPS) is 15.6. The van der Waals surface area contributed by atoms with E-state index in [-0.39, 0.29) is 0 Å². The summed E-state index contributed by atoms with van der Waals surface area (Å²) in [6, 6.07) is 0. The maximum absolute atomic E-state index is 8.85. The lowest BCUT2D eigenvalue weighted by molar-refractivity contribution is 0.312. The quantitative estimate of drug-likeness (QED) is 0.184. The van der Waals surface area contributed by atoms with Crippen LogP contribution in [0.1, 0.15) is 72.1 Å². The summed E-state index contributed by atoms with van der Waals surface area (Å²) in [5.41, 5.74) is 1.52. The van der Waals surface area contributed by atoms with Gasteiger partial charge in [0.05, 0.1) is 0 Å². The molecule has 8 nitrogen and oxygen atoms in total. The lowest BCUT2D eigenvalue weighted by Crippen LogP contribution is -2.11. The van der Waals surface area contributed by atoms with E-state index in [1.165, 1.54) is 0 Å². The van der Waals surface area contributed by atoms with Gasteiger partial charge in [-0.25, -0.2) is 0 Å². The Morgan fingerprint density at radius 1 is 0.667 bits per heavy atom. The summed E-state index contributed by atoms with van der Waals surface area (Å²) in [5.74, 6) is 0.578. The second-order valence-corrected chi connectivity index (χ2v) is 6.06. The first-order valence-electron chi connectivity index (χ1n) is 8.30. The Kier molecular flexibility index (Phi) is 12.2. The van der Waals surface area contributed by atoms with E-state index in [2.05, 4.69) is 27.5 Å². The zero-order valence-electron chi connectivity index (χ0n) is 14.8. The molecule has 0 amide bonds. The minimum Gasteiger partial charge on any atom is -0.411 e. The molecule has 138 valence electrons. The van der Waals surface area contributed by atoms with Crippen molar-refractivity contribution in [2.24, 2.45) is 26.5 Å². The number of rotatable bonds is 12. The van der Waals surface area contributed by atoms with Crippen molar-refractivity contribution in [1.82, 2.24) is 0 Å². The van der Waals surface area contributed by atoms with E-state index in [4.69, 9.17) is 20.8 Å². The molecular weight excluding hydrogens is 312 g/mol. The smallest absolute Gasteiger partial charge is 0.104 e. The van der Waals surface area contributed by atoms with Crippen molar-refractivity contribution in [2.45, 2.75) is 72.1 Å². The first-order chi connectivity index (χ1) is 11.5. The van der Waals surface area contributed by atoms with E-state index < -0.39 is 0 Å². The molecule has 0 aromatic rings. The molecule has 0 aromatic carbocycles. The van der Waals surface area contributed by atoms with Crippen LogP contribution in [0.4, 0.5) is 0 Å².